The highest BCUT2D eigenvalue weighted by Crippen LogP contribution is 2.23. The highest BCUT2D eigenvalue weighted by atomic mass is 16.7. The Labute approximate surface area is 119 Å². The zero-order chi connectivity index (χ0) is 13.9. The number of amides is 2. The van der Waals surface area contributed by atoms with Gasteiger partial charge in [0.25, 0.3) is 0 Å². The monoisotopic (exact) mass is 282 g/mol. The molecule has 3 saturated heterocycles. The van der Waals surface area contributed by atoms with Crippen LogP contribution < -0.4 is 0 Å². The molecule has 3 aliphatic heterocycles. The molecule has 112 valence electrons. The van der Waals surface area contributed by atoms with Crippen LogP contribution in [0.15, 0.2) is 0 Å². The minimum absolute atomic E-state index is 0.0831. The quantitative estimate of drug-likeness (QED) is 0.750. The fourth-order valence-electron chi connectivity index (χ4n) is 3.18. The first-order valence-electron chi connectivity index (χ1n) is 7.57. The molecule has 0 N–H and O–H groups in total. The fourth-order valence-corrected chi connectivity index (χ4v) is 3.18. The molecule has 2 amide bonds. The summed E-state index contributed by atoms with van der Waals surface area (Å²) in [5, 5.41) is 0. The molecule has 3 rings (SSSR count). The van der Waals surface area contributed by atoms with Crippen molar-refractivity contribution >= 4 is 11.8 Å². The van der Waals surface area contributed by atoms with Crippen LogP contribution in [0, 0.1) is 0 Å². The van der Waals surface area contributed by atoms with E-state index in [1.54, 1.807) is 9.80 Å². The van der Waals surface area contributed by atoms with Crippen LogP contribution in [0.25, 0.3) is 0 Å². The van der Waals surface area contributed by atoms with E-state index in [9.17, 15) is 9.59 Å². The molecule has 0 radical (unpaired) electrons. The minimum Gasteiger partial charge on any atom is -0.353 e. The molecule has 0 saturated carbocycles. The van der Waals surface area contributed by atoms with Crippen molar-refractivity contribution in [2.24, 2.45) is 0 Å². The van der Waals surface area contributed by atoms with Gasteiger partial charge in [0.15, 0.2) is 6.29 Å². The molecular formula is C14H22N2O4. The van der Waals surface area contributed by atoms with E-state index in [-0.39, 0.29) is 30.7 Å². The Morgan fingerprint density at radius 3 is 2.70 bits per heavy atom. The standard InChI is InChI=1S/C14H22N2O4/c17-12-10-15(7-5-13-19-8-3-9-20-13)14(18)11-4-1-2-6-16(11)12/h11,13H,1-10H2. The summed E-state index contributed by atoms with van der Waals surface area (Å²) in [5.41, 5.74) is 0. The van der Waals surface area contributed by atoms with Gasteiger partial charge in [0.05, 0.1) is 19.8 Å². The van der Waals surface area contributed by atoms with Gasteiger partial charge >= 0.3 is 0 Å². The van der Waals surface area contributed by atoms with Gasteiger partial charge in [0.2, 0.25) is 11.8 Å². The first-order chi connectivity index (χ1) is 9.75. The fraction of sp³-hybridized carbons (Fsp3) is 0.857. The van der Waals surface area contributed by atoms with E-state index in [4.69, 9.17) is 9.47 Å². The Bertz CT molecular complexity index is 381. The molecule has 0 aromatic rings. The number of carbonyl (C=O) groups excluding carboxylic acids is 2. The number of fused-ring (bicyclic) bond motifs is 1. The number of hydrogen-bond acceptors (Lipinski definition) is 4. The van der Waals surface area contributed by atoms with Crippen molar-refractivity contribution in [2.75, 3.05) is 32.8 Å². The third-order valence-electron chi connectivity index (χ3n) is 4.28. The zero-order valence-electron chi connectivity index (χ0n) is 11.8. The van der Waals surface area contributed by atoms with Gasteiger partial charge in [-0.25, -0.2) is 0 Å². The molecule has 1 unspecified atom stereocenters. The smallest absolute Gasteiger partial charge is 0.245 e. The van der Waals surface area contributed by atoms with Gasteiger partial charge in [0, 0.05) is 19.5 Å². The number of carbonyl (C=O) groups is 2. The van der Waals surface area contributed by atoms with Gasteiger partial charge < -0.3 is 19.3 Å². The normalized spacial score (nSPS) is 28.7. The number of piperidine rings is 1. The lowest BCUT2D eigenvalue weighted by atomic mass is 9.98. The summed E-state index contributed by atoms with van der Waals surface area (Å²) in [5.74, 6) is 0.180. The number of rotatable bonds is 3. The van der Waals surface area contributed by atoms with Gasteiger partial charge in [-0.1, -0.05) is 0 Å². The van der Waals surface area contributed by atoms with E-state index in [2.05, 4.69) is 0 Å². The molecule has 1 atom stereocenters. The summed E-state index contributed by atoms with van der Waals surface area (Å²) >= 11 is 0. The van der Waals surface area contributed by atoms with Crippen molar-refractivity contribution < 1.29 is 19.1 Å². The molecule has 3 heterocycles. The van der Waals surface area contributed by atoms with E-state index in [1.165, 1.54) is 0 Å². The topological polar surface area (TPSA) is 59.1 Å². The van der Waals surface area contributed by atoms with Crippen molar-refractivity contribution in [3.63, 3.8) is 0 Å². The van der Waals surface area contributed by atoms with E-state index < -0.39 is 0 Å². The van der Waals surface area contributed by atoms with Crippen LogP contribution in [-0.2, 0) is 19.1 Å². The molecule has 3 aliphatic rings. The Kier molecular flexibility index (Phi) is 4.21. The molecule has 6 nitrogen and oxygen atoms in total. The SMILES string of the molecule is O=C1C2CCCCN2C(=O)CN1CCC1OCCCO1. The van der Waals surface area contributed by atoms with E-state index in [0.717, 1.165) is 32.2 Å². The second-order valence-electron chi connectivity index (χ2n) is 5.67. The molecule has 3 fully saturated rings. The maximum Gasteiger partial charge on any atom is 0.245 e. The first-order valence-corrected chi connectivity index (χ1v) is 7.57. The van der Waals surface area contributed by atoms with Gasteiger partial charge in [-0.15, -0.1) is 0 Å². The molecule has 20 heavy (non-hydrogen) atoms. The molecule has 6 heteroatoms. The molecular weight excluding hydrogens is 260 g/mol. The highest BCUT2D eigenvalue weighted by molar-refractivity contribution is 5.95. The van der Waals surface area contributed by atoms with Crippen LogP contribution in [0.1, 0.15) is 32.1 Å². The second-order valence-corrected chi connectivity index (χ2v) is 5.67. The van der Waals surface area contributed by atoms with Crippen LogP contribution in [0.2, 0.25) is 0 Å². The number of nitrogens with zero attached hydrogens (tertiary/aromatic N) is 2. The lowest BCUT2D eigenvalue weighted by Gasteiger charge is -2.43. The van der Waals surface area contributed by atoms with Crippen molar-refractivity contribution in [1.82, 2.24) is 9.80 Å². The molecule has 0 aromatic heterocycles. The zero-order valence-corrected chi connectivity index (χ0v) is 11.8. The predicted molar refractivity (Wildman–Crippen MR) is 70.9 cm³/mol. The predicted octanol–water partition coefficient (Wildman–Crippen LogP) is 0.363. The van der Waals surface area contributed by atoms with Crippen molar-refractivity contribution in [2.45, 2.75) is 44.4 Å². The number of piperazine rings is 1. The minimum atomic E-state index is -0.226. The van der Waals surface area contributed by atoms with Gasteiger partial charge in [-0.3, -0.25) is 9.59 Å². The molecule has 0 aromatic carbocycles. The van der Waals surface area contributed by atoms with Gasteiger partial charge in [-0.2, -0.15) is 0 Å². The van der Waals surface area contributed by atoms with Crippen LogP contribution in [-0.4, -0.2) is 66.8 Å². The van der Waals surface area contributed by atoms with Crippen molar-refractivity contribution in [3.05, 3.63) is 0 Å². The Morgan fingerprint density at radius 1 is 1.10 bits per heavy atom. The van der Waals surface area contributed by atoms with Gasteiger partial charge in [0.1, 0.15) is 6.04 Å². The maximum absolute atomic E-state index is 12.4. The van der Waals surface area contributed by atoms with Crippen LogP contribution in [0.5, 0.6) is 0 Å². The summed E-state index contributed by atoms with van der Waals surface area (Å²) in [6.45, 7) is 2.92. The average Bonchev–Trinajstić information content (AvgIpc) is 2.50. The largest absolute Gasteiger partial charge is 0.353 e. The summed E-state index contributed by atoms with van der Waals surface area (Å²) in [6.07, 6.45) is 4.19. The second kappa shape index (κ2) is 6.10. The highest BCUT2D eigenvalue weighted by Gasteiger charge is 2.40. The molecule has 0 bridgehead atoms. The number of hydrogen-bond donors (Lipinski definition) is 0. The summed E-state index contributed by atoms with van der Waals surface area (Å²) in [6, 6.07) is -0.224. The third-order valence-corrected chi connectivity index (χ3v) is 4.28. The van der Waals surface area contributed by atoms with E-state index in [0.29, 0.717) is 26.2 Å². The number of ether oxygens (including phenoxy) is 2. The van der Waals surface area contributed by atoms with Crippen molar-refractivity contribution in [1.29, 1.82) is 0 Å². The third kappa shape index (κ3) is 2.81. The van der Waals surface area contributed by atoms with E-state index >= 15 is 0 Å². The van der Waals surface area contributed by atoms with Crippen LogP contribution in [0.3, 0.4) is 0 Å². The summed E-state index contributed by atoms with van der Waals surface area (Å²) in [4.78, 5) is 28.0. The first kappa shape index (κ1) is 13.8. The van der Waals surface area contributed by atoms with Crippen LogP contribution in [0.4, 0.5) is 0 Å². The Balaban J connectivity index is 1.56. The lowest BCUT2D eigenvalue weighted by molar-refractivity contribution is -0.185. The average molecular weight is 282 g/mol. The Morgan fingerprint density at radius 2 is 1.90 bits per heavy atom. The van der Waals surface area contributed by atoms with E-state index in [1.807, 2.05) is 0 Å². The van der Waals surface area contributed by atoms with Crippen LogP contribution >= 0.6 is 0 Å². The molecule has 0 aliphatic carbocycles. The lowest BCUT2D eigenvalue weighted by Crippen LogP contribution is -2.61. The summed E-state index contributed by atoms with van der Waals surface area (Å²) in [7, 11) is 0. The maximum atomic E-state index is 12.4. The Hall–Kier alpha value is -1.14. The van der Waals surface area contributed by atoms with Crippen molar-refractivity contribution in [3.8, 4) is 0 Å². The van der Waals surface area contributed by atoms with Gasteiger partial charge in [-0.05, 0) is 25.7 Å². The summed E-state index contributed by atoms with van der Waals surface area (Å²) < 4.78 is 11.0. The molecule has 0 spiro atoms.